The first-order valence-corrected chi connectivity index (χ1v) is 13.5. The highest BCUT2D eigenvalue weighted by molar-refractivity contribution is 8.01. The van der Waals surface area contributed by atoms with E-state index >= 15 is 0 Å². The van der Waals surface area contributed by atoms with Gasteiger partial charge in [-0.15, -0.1) is 11.3 Å². The van der Waals surface area contributed by atoms with Gasteiger partial charge in [0.15, 0.2) is 4.34 Å². The van der Waals surface area contributed by atoms with Gasteiger partial charge < -0.3 is 4.90 Å². The summed E-state index contributed by atoms with van der Waals surface area (Å²) in [5, 5.41) is 12.9. The molecule has 6 rings (SSSR count). The van der Waals surface area contributed by atoms with Gasteiger partial charge in [0.1, 0.15) is 10.8 Å². The van der Waals surface area contributed by atoms with Crippen LogP contribution in [0.1, 0.15) is 11.3 Å². The van der Waals surface area contributed by atoms with E-state index in [1.54, 1.807) is 23.1 Å². The van der Waals surface area contributed by atoms with Crippen LogP contribution >= 0.6 is 23.1 Å². The molecule has 9 heteroatoms. The fourth-order valence-corrected chi connectivity index (χ4v) is 6.43. The average Bonchev–Trinajstić information content (AvgIpc) is 3.49. The Morgan fingerprint density at radius 2 is 1.69 bits per heavy atom. The summed E-state index contributed by atoms with van der Waals surface area (Å²) >= 11 is 3.35. The standard InChI is InChI=1S/C27H25N7S2/c1-20-22(19-29-33-17-15-32(16-18-33)25-13-7-8-14-28-25)26(34(31-20)21-9-3-2-4-10-21)36-27-30-23-11-5-6-12-24(23)35-27/h2-14,19H,15-18H2,1H3/b29-19+. The van der Waals surface area contributed by atoms with Crippen molar-refractivity contribution in [3.05, 3.63) is 90.3 Å². The van der Waals surface area contributed by atoms with E-state index in [1.807, 2.05) is 60.4 Å². The number of benzene rings is 2. The second-order valence-corrected chi connectivity index (χ2v) is 10.7. The smallest absolute Gasteiger partial charge is 0.157 e. The van der Waals surface area contributed by atoms with Crippen molar-refractivity contribution in [1.82, 2.24) is 24.8 Å². The van der Waals surface area contributed by atoms with E-state index in [2.05, 4.69) is 51.3 Å². The fourth-order valence-electron chi connectivity index (χ4n) is 4.21. The van der Waals surface area contributed by atoms with Gasteiger partial charge in [-0.1, -0.05) is 36.4 Å². The summed E-state index contributed by atoms with van der Waals surface area (Å²) in [6.07, 6.45) is 3.81. The summed E-state index contributed by atoms with van der Waals surface area (Å²) in [6, 6.07) is 24.5. The number of thiazole rings is 1. The third-order valence-corrected chi connectivity index (χ3v) is 8.28. The number of anilines is 1. The Bertz CT molecular complexity index is 1450. The Morgan fingerprint density at radius 3 is 2.47 bits per heavy atom. The van der Waals surface area contributed by atoms with Crippen molar-refractivity contribution in [1.29, 1.82) is 0 Å². The average molecular weight is 512 g/mol. The Kier molecular flexibility index (Phi) is 6.40. The Morgan fingerprint density at radius 1 is 0.917 bits per heavy atom. The van der Waals surface area contributed by atoms with Crippen LogP contribution in [-0.2, 0) is 0 Å². The molecule has 5 aromatic rings. The van der Waals surface area contributed by atoms with E-state index in [0.29, 0.717) is 0 Å². The first kappa shape index (κ1) is 22.8. The van der Waals surface area contributed by atoms with Gasteiger partial charge in [-0.3, -0.25) is 5.01 Å². The Labute approximate surface area is 218 Å². The van der Waals surface area contributed by atoms with Crippen molar-refractivity contribution in [3.8, 4) is 5.69 Å². The van der Waals surface area contributed by atoms with Crippen LogP contribution in [0.15, 0.2) is 93.5 Å². The molecule has 0 amide bonds. The number of aryl methyl sites for hydroxylation is 1. The predicted molar refractivity (Wildman–Crippen MR) is 148 cm³/mol. The molecular formula is C27H25N7S2. The zero-order valence-corrected chi connectivity index (χ0v) is 21.5. The largest absolute Gasteiger partial charge is 0.353 e. The number of fused-ring (bicyclic) bond motifs is 1. The van der Waals surface area contributed by atoms with E-state index in [0.717, 1.165) is 63.8 Å². The molecule has 1 aliphatic heterocycles. The highest BCUT2D eigenvalue weighted by Crippen LogP contribution is 2.37. The number of hydrazone groups is 1. The lowest BCUT2D eigenvalue weighted by Gasteiger charge is -2.33. The van der Waals surface area contributed by atoms with Gasteiger partial charge in [0.2, 0.25) is 0 Å². The van der Waals surface area contributed by atoms with Crippen LogP contribution < -0.4 is 4.90 Å². The number of pyridine rings is 1. The summed E-state index contributed by atoms with van der Waals surface area (Å²) in [6.45, 7) is 5.52. The molecule has 180 valence electrons. The molecule has 1 saturated heterocycles. The van der Waals surface area contributed by atoms with Gasteiger partial charge in [-0.25, -0.2) is 14.6 Å². The highest BCUT2D eigenvalue weighted by Gasteiger charge is 2.20. The number of piperazine rings is 1. The molecular weight excluding hydrogens is 486 g/mol. The molecule has 1 fully saturated rings. The van der Waals surface area contributed by atoms with Crippen LogP contribution in [0.4, 0.5) is 5.82 Å². The van der Waals surface area contributed by atoms with Crippen molar-refractivity contribution in [2.24, 2.45) is 5.10 Å². The maximum Gasteiger partial charge on any atom is 0.157 e. The summed E-state index contributed by atoms with van der Waals surface area (Å²) in [5.41, 5.74) is 4.01. The monoisotopic (exact) mass is 511 g/mol. The summed E-state index contributed by atoms with van der Waals surface area (Å²) in [5.74, 6) is 1.02. The number of aromatic nitrogens is 4. The molecule has 0 spiro atoms. The molecule has 2 aromatic carbocycles. The van der Waals surface area contributed by atoms with Crippen molar-refractivity contribution in [2.45, 2.75) is 16.3 Å². The van der Waals surface area contributed by atoms with Crippen molar-refractivity contribution in [3.63, 3.8) is 0 Å². The summed E-state index contributed by atoms with van der Waals surface area (Å²) in [4.78, 5) is 11.6. The van der Waals surface area contributed by atoms with Crippen LogP contribution in [0, 0.1) is 6.92 Å². The second kappa shape index (κ2) is 10.1. The van der Waals surface area contributed by atoms with Crippen LogP contribution in [-0.4, -0.2) is 57.2 Å². The van der Waals surface area contributed by atoms with Crippen molar-refractivity contribution >= 4 is 45.3 Å². The van der Waals surface area contributed by atoms with Crippen molar-refractivity contribution in [2.75, 3.05) is 31.1 Å². The lowest BCUT2D eigenvalue weighted by atomic mass is 10.3. The van der Waals surface area contributed by atoms with Gasteiger partial charge in [0.25, 0.3) is 0 Å². The maximum absolute atomic E-state index is 4.89. The molecule has 1 aliphatic rings. The zero-order valence-electron chi connectivity index (χ0n) is 19.9. The SMILES string of the molecule is Cc1nn(-c2ccccc2)c(Sc2nc3ccccc3s2)c1/C=N/N1CCN(c2ccccn2)CC1. The third-order valence-electron chi connectivity index (χ3n) is 6.10. The molecule has 36 heavy (non-hydrogen) atoms. The van der Waals surface area contributed by atoms with E-state index in [4.69, 9.17) is 15.2 Å². The Hall–Kier alpha value is -3.69. The molecule has 0 aliphatic carbocycles. The minimum atomic E-state index is 0.847. The van der Waals surface area contributed by atoms with Crippen LogP contribution in [0.5, 0.6) is 0 Å². The molecule has 0 N–H and O–H groups in total. The first-order chi connectivity index (χ1) is 17.7. The number of para-hydroxylation sites is 2. The fraction of sp³-hybridized carbons (Fsp3) is 0.185. The van der Waals surface area contributed by atoms with Gasteiger partial charge in [-0.05, 0) is 55.1 Å². The normalized spacial score (nSPS) is 14.2. The molecule has 7 nitrogen and oxygen atoms in total. The van der Waals surface area contributed by atoms with E-state index in [1.165, 1.54) is 4.70 Å². The molecule has 3 aromatic heterocycles. The molecule has 0 bridgehead atoms. The highest BCUT2D eigenvalue weighted by atomic mass is 32.2. The predicted octanol–water partition coefficient (Wildman–Crippen LogP) is 5.49. The quantitative estimate of drug-likeness (QED) is 0.281. The number of rotatable bonds is 6. The molecule has 4 heterocycles. The number of hydrogen-bond acceptors (Lipinski definition) is 8. The van der Waals surface area contributed by atoms with Gasteiger partial charge in [0.05, 0.1) is 46.5 Å². The minimum absolute atomic E-state index is 0.847. The number of hydrogen-bond donors (Lipinski definition) is 0. The van der Waals surface area contributed by atoms with Gasteiger partial charge in [0, 0.05) is 19.3 Å². The molecule has 0 atom stereocenters. The zero-order chi connectivity index (χ0) is 24.3. The molecule has 0 saturated carbocycles. The van der Waals surface area contributed by atoms with Gasteiger partial charge in [-0.2, -0.15) is 10.2 Å². The second-order valence-electron chi connectivity index (χ2n) is 8.47. The summed E-state index contributed by atoms with van der Waals surface area (Å²) in [7, 11) is 0. The topological polar surface area (TPSA) is 62.4 Å². The van der Waals surface area contributed by atoms with Crippen LogP contribution in [0.25, 0.3) is 15.9 Å². The maximum atomic E-state index is 4.89. The van der Waals surface area contributed by atoms with Crippen LogP contribution in [0.3, 0.4) is 0 Å². The molecule has 0 radical (unpaired) electrons. The lowest BCUT2D eigenvalue weighted by molar-refractivity contribution is 0.271. The van der Waals surface area contributed by atoms with Gasteiger partial charge >= 0.3 is 0 Å². The number of nitrogens with zero attached hydrogens (tertiary/aromatic N) is 7. The summed E-state index contributed by atoms with van der Waals surface area (Å²) < 4.78 is 4.18. The lowest BCUT2D eigenvalue weighted by Crippen LogP contribution is -2.44. The third kappa shape index (κ3) is 4.72. The van der Waals surface area contributed by atoms with Crippen molar-refractivity contribution < 1.29 is 0 Å². The van der Waals surface area contributed by atoms with Crippen LogP contribution in [0.2, 0.25) is 0 Å². The van der Waals surface area contributed by atoms with E-state index in [-0.39, 0.29) is 0 Å². The first-order valence-electron chi connectivity index (χ1n) is 11.9. The van der Waals surface area contributed by atoms with E-state index in [9.17, 15) is 0 Å². The molecule has 0 unspecified atom stereocenters. The minimum Gasteiger partial charge on any atom is -0.353 e. The Balaban J connectivity index is 1.28. The van der Waals surface area contributed by atoms with E-state index < -0.39 is 0 Å².